The van der Waals surface area contributed by atoms with Crippen molar-refractivity contribution in [1.82, 2.24) is 5.43 Å². The van der Waals surface area contributed by atoms with Crippen molar-refractivity contribution in [2.75, 3.05) is 0 Å². The molecule has 0 radical (unpaired) electrons. The van der Waals surface area contributed by atoms with Crippen LogP contribution in [0.15, 0.2) is 47.6 Å². The summed E-state index contributed by atoms with van der Waals surface area (Å²) < 4.78 is 0. The van der Waals surface area contributed by atoms with E-state index >= 15 is 0 Å². The zero-order chi connectivity index (χ0) is 15.4. The normalized spacial score (nSPS) is 11.3. The zero-order valence-electron chi connectivity index (χ0n) is 12.9. The number of aryl methyl sites for hydroxylation is 3. The van der Waals surface area contributed by atoms with Crippen LogP contribution in [0.4, 0.5) is 0 Å². The maximum atomic E-state index is 12.1. The number of benzene rings is 2. The van der Waals surface area contributed by atoms with E-state index in [4.69, 9.17) is 0 Å². The van der Waals surface area contributed by atoms with Gasteiger partial charge in [0.2, 0.25) is 0 Å². The van der Waals surface area contributed by atoms with Gasteiger partial charge < -0.3 is 0 Å². The van der Waals surface area contributed by atoms with E-state index in [-0.39, 0.29) is 5.91 Å². The third-order valence-electron chi connectivity index (χ3n) is 3.56. The topological polar surface area (TPSA) is 41.5 Å². The Kier molecular flexibility index (Phi) is 4.53. The van der Waals surface area contributed by atoms with Crippen LogP contribution < -0.4 is 5.43 Å². The fraction of sp³-hybridized carbons (Fsp3) is 0.222. The number of nitrogens with zero attached hydrogens (tertiary/aromatic N) is 1. The zero-order valence-corrected chi connectivity index (χ0v) is 12.9. The summed E-state index contributed by atoms with van der Waals surface area (Å²) in [5.41, 5.74) is 8.49. The molecule has 0 saturated carbocycles. The lowest BCUT2D eigenvalue weighted by atomic mass is 10.1. The highest BCUT2D eigenvalue weighted by Crippen LogP contribution is 2.10. The lowest BCUT2D eigenvalue weighted by molar-refractivity contribution is 0.0954. The molecule has 0 bridgehead atoms. The minimum atomic E-state index is -0.190. The largest absolute Gasteiger partial charge is 0.271 e. The number of nitrogens with one attached hydrogen (secondary N) is 1. The molecule has 2 aromatic carbocycles. The van der Waals surface area contributed by atoms with Gasteiger partial charge >= 0.3 is 0 Å². The molecule has 0 aromatic heterocycles. The second-order valence-electron chi connectivity index (χ2n) is 5.30. The second-order valence-corrected chi connectivity index (χ2v) is 5.30. The number of hydrogen-bond acceptors (Lipinski definition) is 2. The molecule has 108 valence electrons. The quantitative estimate of drug-likeness (QED) is 0.675. The Balaban J connectivity index is 2.10. The fourth-order valence-electron chi connectivity index (χ4n) is 1.94. The molecule has 0 saturated heterocycles. The minimum absolute atomic E-state index is 0.190. The molecule has 0 heterocycles. The molecule has 3 nitrogen and oxygen atoms in total. The lowest BCUT2D eigenvalue weighted by Gasteiger charge is -2.05. The van der Waals surface area contributed by atoms with Gasteiger partial charge in [-0.2, -0.15) is 5.10 Å². The van der Waals surface area contributed by atoms with Crippen molar-refractivity contribution in [3.63, 3.8) is 0 Å². The third kappa shape index (κ3) is 3.78. The predicted molar refractivity (Wildman–Crippen MR) is 86.8 cm³/mol. The Morgan fingerprint density at radius 3 is 2.14 bits per heavy atom. The summed E-state index contributed by atoms with van der Waals surface area (Å²) in [7, 11) is 0. The Morgan fingerprint density at radius 2 is 1.52 bits per heavy atom. The molecule has 0 atom stereocenters. The Bertz CT molecular complexity index is 685. The van der Waals surface area contributed by atoms with Gasteiger partial charge in [0.1, 0.15) is 0 Å². The summed E-state index contributed by atoms with van der Waals surface area (Å²) in [5, 5.41) is 4.17. The second kappa shape index (κ2) is 6.35. The highest BCUT2D eigenvalue weighted by atomic mass is 16.2. The number of carbonyl (C=O) groups is 1. The molecule has 21 heavy (non-hydrogen) atoms. The number of hydrogen-bond donors (Lipinski definition) is 1. The van der Waals surface area contributed by atoms with Gasteiger partial charge in [0.25, 0.3) is 5.91 Å². The van der Waals surface area contributed by atoms with E-state index in [0.717, 1.165) is 16.8 Å². The van der Waals surface area contributed by atoms with Gasteiger partial charge in [-0.3, -0.25) is 4.79 Å². The molecule has 2 aromatic rings. The molecular weight excluding hydrogens is 260 g/mol. The lowest BCUT2D eigenvalue weighted by Crippen LogP contribution is -2.19. The van der Waals surface area contributed by atoms with E-state index in [2.05, 4.69) is 10.5 Å². The van der Waals surface area contributed by atoms with Crippen LogP contribution in [0.2, 0.25) is 0 Å². The van der Waals surface area contributed by atoms with Crippen LogP contribution in [-0.2, 0) is 0 Å². The molecule has 0 spiro atoms. The van der Waals surface area contributed by atoms with Crippen LogP contribution in [0.1, 0.15) is 39.5 Å². The van der Waals surface area contributed by atoms with Crippen molar-refractivity contribution in [2.45, 2.75) is 27.7 Å². The maximum absolute atomic E-state index is 12.1. The highest BCUT2D eigenvalue weighted by molar-refractivity contribution is 6.00. The Hall–Kier alpha value is -2.42. The first-order valence-electron chi connectivity index (χ1n) is 6.96. The Labute approximate surface area is 125 Å². The molecule has 0 unspecified atom stereocenters. The number of rotatable bonds is 3. The summed E-state index contributed by atoms with van der Waals surface area (Å²) in [4.78, 5) is 12.1. The number of amides is 1. The molecule has 3 heteroatoms. The van der Waals surface area contributed by atoms with Gasteiger partial charge in [-0.25, -0.2) is 5.43 Å². The summed E-state index contributed by atoms with van der Waals surface area (Å²) in [5.74, 6) is -0.190. The maximum Gasteiger partial charge on any atom is 0.271 e. The first kappa shape index (κ1) is 15.0. The van der Waals surface area contributed by atoms with Crippen LogP contribution in [0, 0.1) is 20.8 Å². The van der Waals surface area contributed by atoms with E-state index in [1.807, 2.05) is 70.2 Å². The first-order valence-corrected chi connectivity index (χ1v) is 6.96. The van der Waals surface area contributed by atoms with E-state index in [9.17, 15) is 4.79 Å². The molecule has 0 fully saturated rings. The summed E-state index contributed by atoms with van der Waals surface area (Å²) in [6.07, 6.45) is 0. The van der Waals surface area contributed by atoms with Crippen LogP contribution >= 0.6 is 0 Å². The van der Waals surface area contributed by atoms with Crippen molar-refractivity contribution in [3.8, 4) is 0 Å². The molecular formula is C18H20N2O. The first-order chi connectivity index (χ1) is 9.97. The van der Waals surface area contributed by atoms with Gasteiger partial charge in [-0.15, -0.1) is 0 Å². The standard InChI is InChI=1S/C18H20N2O/c1-12-5-8-16(9-6-12)15(4)19-20-18(21)17-10-7-13(2)14(3)11-17/h5-11H,1-4H3,(H,20,21). The van der Waals surface area contributed by atoms with Crippen molar-refractivity contribution in [3.05, 3.63) is 70.3 Å². The van der Waals surface area contributed by atoms with Crippen LogP contribution in [-0.4, -0.2) is 11.6 Å². The van der Waals surface area contributed by atoms with Crippen LogP contribution in [0.5, 0.6) is 0 Å². The van der Waals surface area contributed by atoms with E-state index < -0.39 is 0 Å². The van der Waals surface area contributed by atoms with Crippen molar-refractivity contribution < 1.29 is 4.79 Å². The van der Waals surface area contributed by atoms with Crippen LogP contribution in [0.25, 0.3) is 0 Å². The van der Waals surface area contributed by atoms with Gasteiger partial charge in [-0.1, -0.05) is 35.9 Å². The molecule has 0 aliphatic rings. The predicted octanol–water partition coefficient (Wildman–Crippen LogP) is 3.77. The van der Waals surface area contributed by atoms with Crippen molar-refractivity contribution in [2.24, 2.45) is 5.10 Å². The summed E-state index contributed by atoms with van der Waals surface area (Å²) >= 11 is 0. The summed E-state index contributed by atoms with van der Waals surface area (Å²) in [6.45, 7) is 7.94. The van der Waals surface area contributed by atoms with Crippen LogP contribution in [0.3, 0.4) is 0 Å². The van der Waals surface area contributed by atoms with Gasteiger partial charge in [0.05, 0.1) is 5.71 Å². The SMILES string of the molecule is CC(=NNC(=O)c1ccc(C)c(C)c1)c1ccc(C)cc1. The molecule has 1 N–H and O–H groups in total. The number of hydrazone groups is 1. The average molecular weight is 280 g/mol. The molecule has 0 aliphatic heterocycles. The molecule has 2 rings (SSSR count). The minimum Gasteiger partial charge on any atom is -0.267 e. The van der Waals surface area contributed by atoms with Crippen molar-refractivity contribution in [1.29, 1.82) is 0 Å². The van der Waals surface area contributed by atoms with E-state index in [1.54, 1.807) is 0 Å². The molecule has 1 amide bonds. The van der Waals surface area contributed by atoms with Gasteiger partial charge in [0.15, 0.2) is 0 Å². The smallest absolute Gasteiger partial charge is 0.267 e. The van der Waals surface area contributed by atoms with Crippen molar-refractivity contribution >= 4 is 11.6 Å². The monoisotopic (exact) mass is 280 g/mol. The fourth-order valence-corrected chi connectivity index (χ4v) is 1.94. The van der Waals surface area contributed by atoms with E-state index in [0.29, 0.717) is 5.56 Å². The highest BCUT2D eigenvalue weighted by Gasteiger charge is 2.06. The van der Waals surface area contributed by atoms with E-state index in [1.165, 1.54) is 11.1 Å². The molecule has 0 aliphatic carbocycles. The number of carbonyl (C=O) groups excluding carboxylic acids is 1. The van der Waals surface area contributed by atoms with Gasteiger partial charge in [0, 0.05) is 5.56 Å². The van der Waals surface area contributed by atoms with Gasteiger partial charge in [-0.05, 0) is 56.5 Å². The third-order valence-corrected chi connectivity index (χ3v) is 3.56. The summed E-state index contributed by atoms with van der Waals surface area (Å²) in [6, 6.07) is 13.7. The average Bonchev–Trinajstić information content (AvgIpc) is 2.48. The Morgan fingerprint density at radius 1 is 0.905 bits per heavy atom.